The molecule has 1 nitrogen and oxygen atoms in total. The fourth-order valence-electron chi connectivity index (χ4n) is 1.44. The molecule has 2 heteroatoms. The lowest BCUT2D eigenvalue weighted by molar-refractivity contribution is 0.0940. The molecular formula is C13H17ClO. The van der Waals surface area contributed by atoms with E-state index in [0.717, 1.165) is 5.56 Å². The predicted molar refractivity (Wildman–Crippen MR) is 64.6 cm³/mol. The summed E-state index contributed by atoms with van der Waals surface area (Å²) in [7, 11) is 0. The molecule has 0 spiro atoms. The van der Waals surface area contributed by atoms with Gasteiger partial charge in [0.25, 0.3) is 0 Å². The highest BCUT2D eigenvalue weighted by Crippen LogP contribution is 2.26. The van der Waals surface area contributed by atoms with Crippen molar-refractivity contribution in [2.75, 3.05) is 0 Å². The lowest BCUT2D eigenvalue weighted by Gasteiger charge is -2.17. The number of hydrogen-bond donors (Lipinski definition) is 0. The Morgan fingerprint density at radius 1 is 1.33 bits per heavy atom. The van der Waals surface area contributed by atoms with E-state index in [1.807, 2.05) is 19.1 Å². The maximum Gasteiger partial charge on any atom is 0.164 e. The smallest absolute Gasteiger partial charge is 0.164 e. The van der Waals surface area contributed by atoms with Crippen LogP contribution in [0.4, 0.5) is 0 Å². The van der Waals surface area contributed by atoms with E-state index in [1.54, 1.807) is 6.07 Å². The van der Waals surface area contributed by atoms with Crippen LogP contribution >= 0.6 is 11.6 Å². The van der Waals surface area contributed by atoms with Crippen molar-refractivity contribution >= 4 is 17.4 Å². The van der Waals surface area contributed by atoms with Gasteiger partial charge >= 0.3 is 0 Å². The quantitative estimate of drug-likeness (QED) is 0.686. The molecule has 0 aromatic heterocycles. The standard InChI is InChI=1S/C13H17ClO/c1-9-6-5-7-10(12(9)14)11(15)8-13(2,3)4/h5-7H,8H2,1-4H3. The molecule has 0 N–H and O–H groups in total. The molecule has 1 aromatic carbocycles. The van der Waals surface area contributed by atoms with Gasteiger partial charge in [0, 0.05) is 12.0 Å². The summed E-state index contributed by atoms with van der Waals surface area (Å²) in [5.74, 6) is 0.121. The van der Waals surface area contributed by atoms with Gasteiger partial charge in [-0.3, -0.25) is 4.79 Å². The average molecular weight is 225 g/mol. The molecule has 0 radical (unpaired) electrons. The average Bonchev–Trinajstić information content (AvgIpc) is 2.06. The van der Waals surface area contributed by atoms with E-state index in [4.69, 9.17) is 11.6 Å². The summed E-state index contributed by atoms with van der Waals surface area (Å²) in [6, 6.07) is 5.58. The van der Waals surface area contributed by atoms with Crippen molar-refractivity contribution < 1.29 is 4.79 Å². The van der Waals surface area contributed by atoms with Gasteiger partial charge in [-0.2, -0.15) is 0 Å². The van der Waals surface area contributed by atoms with E-state index in [9.17, 15) is 4.79 Å². The number of ketones is 1. The van der Waals surface area contributed by atoms with E-state index in [2.05, 4.69) is 20.8 Å². The Balaban J connectivity index is 2.97. The van der Waals surface area contributed by atoms with Gasteiger partial charge in [-0.25, -0.2) is 0 Å². The Bertz CT molecular complexity index is 375. The first-order valence-electron chi connectivity index (χ1n) is 5.09. The Morgan fingerprint density at radius 2 is 1.93 bits per heavy atom. The minimum Gasteiger partial charge on any atom is -0.294 e. The molecule has 0 aliphatic carbocycles. The number of Topliss-reactive ketones (excluding diaryl/α,β-unsaturated/α-hetero) is 1. The van der Waals surface area contributed by atoms with Crippen molar-refractivity contribution in [1.29, 1.82) is 0 Å². The van der Waals surface area contributed by atoms with Gasteiger partial charge in [-0.05, 0) is 24.0 Å². The molecule has 0 aliphatic rings. The van der Waals surface area contributed by atoms with E-state index in [1.165, 1.54) is 0 Å². The third-order valence-electron chi connectivity index (χ3n) is 2.18. The van der Waals surface area contributed by atoms with Gasteiger partial charge < -0.3 is 0 Å². The van der Waals surface area contributed by atoms with Gasteiger partial charge in [0.1, 0.15) is 0 Å². The van der Waals surface area contributed by atoms with Crippen LogP contribution in [0, 0.1) is 12.3 Å². The number of carbonyl (C=O) groups is 1. The van der Waals surface area contributed by atoms with Gasteiger partial charge in [0.15, 0.2) is 5.78 Å². The first kappa shape index (κ1) is 12.3. The number of carbonyl (C=O) groups excluding carboxylic acids is 1. The Kier molecular flexibility index (Phi) is 3.56. The molecule has 1 rings (SSSR count). The molecule has 0 aliphatic heterocycles. The van der Waals surface area contributed by atoms with Crippen molar-refractivity contribution in [2.24, 2.45) is 5.41 Å². The van der Waals surface area contributed by atoms with Crippen molar-refractivity contribution in [3.05, 3.63) is 34.3 Å². The lowest BCUT2D eigenvalue weighted by Crippen LogP contribution is -2.13. The Morgan fingerprint density at radius 3 is 2.47 bits per heavy atom. The maximum absolute atomic E-state index is 11.9. The fourth-order valence-corrected chi connectivity index (χ4v) is 1.67. The first-order valence-corrected chi connectivity index (χ1v) is 5.47. The van der Waals surface area contributed by atoms with Crippen LogP contribution in [0.2, 0.25) is 5.02 Å². The molecule has 1 aromatic rings. The summed E-state index contributed by atoms with van der Waals surface area (Å²) in [6.45, 7) is 8.06. The second-order valence-electron chi connectivity index (χ2n) is 5.10. The molecule has 0 heterocycles. The minimum absolute atomic E-state index is 0.00413. The van der Waals surface area contributed by atoms with E-state index in [0.29, 0.717) is 17.0 Å². The molecule has 0 saturated carbocycles. The largest absolute Gasteiger partial charge is 0.294 e. The zero-order valence-electron chi connectivity index (χ0n) is 9.73. The Hall–Kier alpha value is -0.820. The highest BCUT2D eigenvalue weighted by atomic mass is 35.5. The summed E-state index contributed by atoms with van der Waals surface area (Å²) in [6.07, 6.45) is 0.524. The topological polar surface area (TPSA) is 17.1 Å². The van der Waals surface area contributed by atoms with Gasteiger partial charge in [0.2, 0.25) is 0 Å². The van der Waals surface area contributed by atoms with E-state index >= 15 is 0 Å². The zero-order valence-corrected chi connectivity index (χ0v) is 10.5. The van der Waals surface area contributed by atoms with Gasteiger partial charge in [-0.1, -0.05) is 44.5 Å². The minimum atomic E-state index is 0.00413. The highest BCUT2D eigenvalue weighted by Gasteiger charge is 2.19. The third kappa shape index (κ3) is 3.35. The number of aryl methyl sites for hydroxylation is 1. The molecule has 82 valence electrons. The first-order chi connectivity index (χ1) is 6.81. The number of benzene rings is 1. The van der Waals surface area contributed by atoms with Crippen LogP contribution in [0.25, 0.3) is 0 Å². The Labute approximate surface area is 96.5 Å². The number of hydrogen-bond acceptors (Lipinski definition) is 1. The van der Waals surface area contributed by atoms with Crippen molar-refractivity contribution in [2.45, 2.75) is 34.1 Å². The van der Waals surface area contributed by atoms with Crippen LogP contribution in [-0.2, 0) is 0 Å². The monoisotopic (exact) mass is 224 g/mol. The second kappa shape index (κ2) is 4.36. The molecular weight excluding hydrogens is 208 g/mol. The van der Waals surface area contributed by atoms with Crippen LogP contribution < -0.4 is 0 Å². The summed E-state index contributed by atoms with van der Waals surface area (Å²) in [4.78, 5) is 11.9. The molecule has 0 atom stereocenters. The van der Waals surface area contributed by atoms with Crippen molar-refractivity contribution in [3.8, 4) is 0 Å². The molecule has 15 heavy (non-hydrogen) atoms. The summed E-state index contributed by atoms with van der Waals surface area (Å²) in [5.41, 5.74) is 1.60. The number of rotatable bonds is 2. The number of halogens is 1. The molecule has 0 saturated heterocycles. The highest BCUT2D eigenvalue weighted by molar-refractivity contribution is 6.34. The van der Waals surface area contributed by atoms with Crippen LogP contribution in [0.15, 0.2) is 18.2 Å². The van der Waals surface area contributed by atoms with Crippen molar-refractivity contribution in [3.63, 3.8) is 0 Å². The normalized spacial score (nSPS) is 11.5. The molecule has 0 bridgehead atoms. The van der Waals surface area contributed by atoms with E-state index < -0.39 is 0 Å². The summed E-state index contributed by atoms with van der Waals surface area (Å²) < 4.78 is 0. The summed E-state index contributed by atoms with van der Waals surface area (Å²) >= 11 is 6.10. The molecule has 0 amide bonds. The molecule has 0 unspecified atom stereocenters. The SMILES string of the molecule is Cc1cccc(C(=O)CC(C)(C)C)c1Cl. The predicted octanol–water partition coefficient (Wildman–Crippen LogP) is 4.27. The van der Waals surface area contributed by atoms with Crippen LogP contribution in [0.3, 0.4) is 0 Å². The molecule has 0 fully saturated rings. The maximum atomic E-state index is 11.9. The van der Waals surface area contributed by atoms with Gasteiger partial charge in [-0.15, -0.1) is 0 Å². The second-order valence-corrected chi connectivity index (χ2v) is 5.48. The van der Waals surface area contributed by atoms with E-state index in [-0.39, 0.29) is 11.2 Å². The summed E-state index contributed by atoms with van der Waals surface area (Å²) in [5, 5.41) is 0.590. The fraction of sp³-hybridized carbons (Fsp3) is 0.462. The zero-order chi connectivity index (χ0) is 11.6. The van der Waals surface area contributed by atoms with Crippen LogP contribution in [0.1, 0.15) is 43.1 Å². The van der Waals surface area contributed by atoms with Crippen molar-refractivity contribution in [1.82, 2.24) is 0 Å². The van der Waals surface area contributed by atoms with Crippen LogP contribution in [0.5, 0.6) is 0 Å². The van der Waals surface area contributed by atoms with Gasteiger partial charge in [0.05, 0.1) is 5.02 Å². The lowest BCUT2D eigenvalue weighted by atomic mass is 9.87. The third-order valence-corrected chi connectivity index (χ3v) is 2.68. The van der Waals surface area contributed by atoms with Crippen LogP contribution in [-0.4, -0.2) is 5.78 Å².